The molecular formula is C12H23NO2S. The van der Waals surface area contributed by atoms with Crippen LogP contribution in [0.2, 0.25) is 0 Å². The molecule has 3 atom stereocenters. The maximum atomic E-state index is 11.3. The van der Waals surface area contributed by atoms with Crippen LogP contribution >= 0.6 is 11.8 Å². The van der Waals surface area contributed by atoms with Gasteiger partial charge in [0.25, 0.3) is 0 Å². The van der Waals surface area contributed by atoms with E-state index < -0.39 is 11.5 Å². The first-order valence-electron chi connectivity index (χ1n) is 6.18. The summed E-state index contributed by atoms with van der Waals surface area (Å²) in [6.45, 7) is 7.10. The fourth-order valence-corrected chi connectivity index (χ4v) is 3.79. The van der Waals surface area contributed by atoms with Gasteiger partial charge in [0.2, 0.25) is 0 Å². The summed E-state index contributed by atoms with van der Waals surface area (Å²) in [7, 11) is 0. The highest BCUT2D eigenvalue weighted by Gasteiger charge is 2.45. The van der Waals surface area contributed by atoms with Crippen molar-refractivity contribution in [2.45, 2.75) is 62.5 Å². The van der Waals surface area contributed by atoms with Crippen molar-refractivity contribution in [3.63, 3.8) is 0 Å². The molecule has 4 heteroatoms. The molecule has 3 nitrogen and oxygen atoms in total. The Hall–Kier alpha value is -0.220. The van der Waals surface area contributed by atoms with Crippen LogP contribution in [0, 0.1) is 0 Å². The van der Waals surface area contributed by atoms with E-state index in [0.29, 0.717) is 10.5 Å². The molecule has 0 saturated heterocycles. The number of carboxylic acid groups (broad SMARTS) is 1. The fraction of sp³-hybridized carbons (Fsp3) is 0.917. The maximum Gasteiger partial charge on any atom is 0.323 e. The second kappa shape index (κ2) is 5.92. The molecule has 0 radical (unpaired) electrons. The standard InChI is InChI=1S/C12H23NO2S/c1-4-9(3)16-10-6-7-12(8-10,11(14)15)13-5-2/h9-10,13H,4-8H2,1-3H3,(H,14,15). The van der Waals surface area contributed by atoms with E-state index in [1.54, 1.807) is 0 Å². The van der Waals surface area contributed by atoms with Gasteiger partial charge in [0.05, 0.1) is 0 Å². The number of hydrogen-bond acceptors (Lipinski definition) is 3. The van der Waals surface area contributed by atoms with E-state index >= 15 is 0 Å². The predicted octanol–water partition coefficient (Wildman–Crippen LogP) is 2.50. The highest BCUT2D eigenvalue weighted by molar-refractivity contribution is 8.00. The molecule has 3 unspecified atom stereocenters. The van der Waals surface area contributed by atoms with Gasteiger partial charge in [-0.1, -0.05) is 20.8 Å². The SMILES string of the molecule is CCNC1(C(=O)O)CCC(SC(C)CC)C1. The minimum absolute atomic E-state index is 0.505. The molecule has 0 heterocycles. The van der Waals surface area contributed by atoms with Crippen LogP contribution in [0.5, 0.6) is 0 Å². The van der Waals surface area contributed by atoms with Gasteiger partial charge in [0, 0.05) is 10.5 Å². The molecular weight excluding hydrogens is 222 g/mol. The third-order valence-electron chi connectivity index (χ3n) is 3.39. The van der Waals surface area contributed by atoms with Crippen molar-refractivity contribution in [3.8, 4) is 0 Å². The Bertz CT molecular complexity index is 247. The van der Waals surface area contributed by atoms with Crippen molar-refractivity contribution >= 4 is 17.7 Å². The zero-order valence-electron chi connectivity index (χ0n) is 10.5. The largest absolute Gasteiger partial charge is 0.480 e. The van der Waals surface area contributed by atoms with Gasteiger partial charge >= 0.3 is 5.97 Å². The molecule has 1 aliphatic rings. The Morgan fingerprint density at radius 3 is 2.81 bits per heavy atom. The van der Waals surface area contributed by atoms with Crippen LogP contribution in [-0.2, 0) is 4.79 Å². The normalized spacial score (nSPS) is 31.6. The molecule has 16 heavy (non-hydrogen) atoms. The number of carbonyl (C=O) groups is 1. The van der Waals surface area contributed by atoms with Gasteiger partial charge in [-0.25, -0.2) is 0 Å². The van der Waals surface area contributed by atoms with Crippen LogP contribution in [0.4, 0.5) is 0 Å². The summed E-state index contributed by atoms with van der Waals surface area (Å²) in [6.07, 6.45) is 3.71. The third-order valence-corrected chi connectivity index (χ3v) is 4.98. The molecule has 2 N–H and O–H groups in total. The van der Waals surface area contributed by atoms with Crippen LogP contribution in [0.25, 0.3) is 0 Å². The number of nitrogens with one attached hydrogen (secondary N) is 1. The summed E-state index contributed by atoms with van der Waals surface area (Å²) in [5.74, 6) is -0.679. The number of aliphatic carboxylic acids is 1. The summed E-state index contributed by atoms with van der Waals surface area (Å²) in [6, 6.07) is 0. The van der Waals surface area contributed by atoms with E-state index in [9.17, 15) is 9.90 Å². The van der Waals surface area contributed by atoms with E-state index in [1.165, 1.54) is 0 Å². The summed E-state index contributed by atoms with van der Waals surface area (Å²) in [5, 5.41) is 13.6. The third kappa shape index (κ3) is 3.14. The number of thioether (sulfide) groups is 1. The number of rotatable bonds is 6. The highest BCUT2D eigenvalue weighted by Crippen LogP contribution is 2.39. The fourth-order valence-electron chi connectivity index (χ4n) is 2.31. The molecule has 0 spiro atoms. The number of likely N-dealkylation sites (N-methyl/N-ethyl adjacent to an activating group) is 1. The average Bonchev–Trinajstić information content (AvgIpc) is 2.63. The lowest BCUT2D eigenvalue weighted by molar-refractivity contribution is -0.144. The lowest BCUT2D eigenvalue weighted by atomic mass is 9.98. The van der Waals surface area contributed by atoms with Crippen molar-refractivity contribution in [1.29, 1.82) is 0 Å². The monoisotopic (exact) mass is 245 g/mol. The van der Waals surface area contributed by atoms with Gasteiger partial charge in [-0.05, 0) is 32.2 Å². The van der Waals surface area contributed by atoms with Crippen molar-refractivity contribution in [2.75, 3.05) is 6.54 Å². The molecule has 0 bridgehead atoms. The van der Waals surface area contributed by atoms with Crippen LogP contribution in [0.3, 0.4) is 0 Å². The molecule has 1 fully saturated rings. The van der Waals surface area contributed by atoms with Gasteiger partial charge in [-0.2, -0.15) is 11.8 Å². The molecule has 0 aromatic rings. The molecule has 1 saturated carbocycles. The van der Waals surface area contributed by atoms with Crippen LogP contribution in [0.15, 0.2) is 0 Å². The van der Waals surface area contributed by atoms with Gasteiger partial charge in [0.1, 0.15) is 5.54 Å². The minimum atomic E-state index is -0.679. The van der Waals surface area contributed by atoms with Crippen molar-refractivity contribution in [2.24, 2.45) is 0 Å². The first kappa shape index (κ1) is 13.8. The molecule has 0 aliphatic heterocycles. The van der Waals surface area contributed by atoms with E-state index in [4.69, 9.17) is 0 Å². The Morgan fingerprint density at radius 1 is 1.62 bits per heavy atom. The zero-order valence-corrected chi connectivity index (χ0v) is 11.3. The van der Waals surface area contributed by atoms with Crippen LogP contribution in [-0.4, -0.2) is 33.7 Å². The Balaban J connectivity index is 2.56. The van der Waals surface area contributed by atoms with Gasteiger partial charge in [0.15, 0.2) is 0 Å². The number of carboxylic acids is 1. The Kier molecular flexibility index (Phi) is 5.12. The second-order valence-corrected chi connectivity index (χ2v) is 6.38. The number of hydrogen-bond donors (Lipinski definition) is 2. The maximum absolute atomic E-state index is 11.3. The second-order valence-electron chi connectivity index (χ2n) is 4.64. The predicted molar refractivity (Wildman–Crippen MR) is 69.0 cm³/mol. The summed E-state index contributed by atoms with van der Waals surface area (Å²) in [5.41, 5.74) is -0.653. The van der Waals surface area contributed by atoms with E-state index in [2.05, 4.69) is 19.2 Å². The summed E-state index contributed by atoms with van der Waals surface area (Å²) < 4.78 is 0. The van der Waals surface area contributed by atoms with Crippen molar-refractivity contribution < 1.29 is 9.90 Å². The smallest absolute Gasteiger partial charge is 0.323 e. The van der Waals surface area contributed by atoms with Crippen LogP contribution in [0.1, 0.15) is 46.5 Å². The minimum Gasteiger partial charge on any atom is -0.480 e. The zero-order chi connectivity index (χ0) is 12.2. The van der Waals surface area contributed by atoms with Crippen molar-refractivity contribution in [3.05, 3.63) is 0 Å². The van der Waals surface area contributed by atoms with E-state index in [1.807, 2.05) is 18.7 Å². The van der Waals surface area contributed by atoms with E-state index in [0.717, 1.165) is 32.2 Å². The molecule has 0 amide bonds. The van der Waals surface area contributed by atoms with Gasteiger partial charge in [-0.15, -0.1) is 0 Å². The highest BCUT2D eigenvalue weighted by atomic mass is 32.2. The molecule has 0 aromatic carbocycles. The molecule has 1 aliphatic carbocycles. The molecule has 0 aromatic heterocycles. The molecule has 94 valence electrons. The summed E-state index contributed by atoms with van der Waals surface area (Å²) in [4.78, 5) is 11.3. The lowest BCUT2D eigenvalue weighted by Crippen LogP contribution is -2.50. The summed E-state index contributed by atoms with van der Waals surface area (Å²) >= 11 is 1.95. The van der Waals surface area contributed by atoms with Gasteiger partial charge < -0.3 is 10.4 Å². The topological polar surface area (TPSA) is 49.3 Å². The van der Waals surface area contributed by atoms with E-state index in [-0.39, 0.29) is 0 Å². The lowest BCUT2D eigenvalue weighted by Gasteiger charge is -2.25. The first-order valence-corrected chi connectivity index (χ1v) is 7.12. The van der Waals surface area contributed by atoms with Crippen LogP contribution < -0.4 is 5.32 Å². The van der Waals surface area contributed by atoms with Gasteiger partial charge in [-0.3, -0.25) is 4.79 Å². The first-order chi connectivity index (χ1) is 7.54. The average molecular weight is 245 g/mol. The Labute approximate surface area is 102 Å². The Morgan fingerprint density at radius 2 is 2.31 bits per heavy atom. The molecule has 1 rings (SSSR count). The quantitative estimate of drug-likeness (QED) is 0.755. The van der Waals surface area contributed by atoms with Crippen molar-refractivity contribution in [1.82, 2.24) is 5.32 Å².